The Hall–Kier alpha value is -1.02. The number of carbonyl (C=O) groups excluding carboxylic acids is 1. The molecule has 1 atom stereocenters. The van der Waals surface area contributed by atoms with Crippen molar-refractivity contribution in [1.29, 1.82) is 0 Å². The van der Waals surface area contributed by atoms with Crippen LogP contribution < -0.4 is 0 Å². The maximum atomic E-state index is 12.4. The van der Waals surface area contributed by atoms with Crippen LogP contribution in [-0.2, 0) is 20.8 Å². The third kappa shape index (κ3) is 5.31. The van der Waals surface area contributed by atoms with Gasteiger partial charge in [-0.25, -0.2) is 4.98 Å². The van der Waals surface area contributed by atoms with Crippen molar-refractivity contribution in [1.82, 2.24) is 14.8 Å². The number of rotatable bonds is 7. The average Bonchev–Trinajstić information content (AvgIpc) is 2.91. The summed E-state index contributed by atoms with van der Waals surface area (Å²) in [5.41, 5.74) is 2.98. The number of carbonyl (C=O) groups is 1. The monoisotopic (exact) mass is 327 g/mol. The fourth-order valence-corrected chi connectivity index (χ4v) is 3.08. The fourth-order valence-electron chi connectivity index (χ4n) is 2.53. The Morgan fingerprint density at radius 1 is 1.36 bits per heavy atom. The van der Waals surface area contributed by atoms with Crippen LogP contribution in [0.25, 0.3) is 0 Å². The minimum atomic E-state index is -0.403. The molecule has 1 aromatic rings. The minimum absolute atomic E-state index is 0.0756. The van der Waals surface area contributed by atoms with Gasteiger partial charge in [0.2, 0.25) is 0 Å². The molecule has 1 aliphatic heterocycles. The molecule has 1 amide bonds. The number of aromatic nitrogens is 1. The normalized spacial score (nSPS) is 18.2. The zero-order chi connectivity index (χ0) is 15.8. The standard InChI is InChI=1S/C15H25N3O3S/c1-13(21-9-8-20-2)15(19)18-5-3-4-17(6-7-18)10-14-11-22-12-16-14/h11-13H,3-10H2,1-2H3. The second-order valence-corrected chi connectivity index (χ2v) is 6.16. The van der Waals surface area contributed by atoms with Gasteiger partial charge >= 0.3 is 0 Å². The third-order valence-electron chi connectivity index (χ3n) is 3.77. The first kappa shape index (κ1) is 17.3. The number of hydrogen-bond acceptors (Lipinski definition) is 6. The van der Waals surface area contributed by atoms with E-state index in [0.717, 1.165) is 44.8 Å². The first-order valence-corrected chi connectivity index (χ1v) is 8.63. The van der Waals surface area contributed by atoms with Crippen LogP contribution in [0.4, 0.5) is 0 Å². The van der Waals surface area contributed by atoms with Crippen LogP contribution in [0.5, 0.6) is 0 Å². The first-order valence-electron chi connectivity index (χ1n) is 7.69. The van der Waals surface area contributed by atoms with Gasteiger partial charge in [0.25, 0.3) is 5.91 Å². The second kappa shape index (κ2) is 9.19. The van der Waals surface area contributed by atoms with Crippen LogP contribution in [0, 0.1) is 0 Å². The van der Waals surface area contributed by atoms with E-state index in [4.69, 9.17) is 9.47 Å². The van der Waals surface area contributed by atoms with E-state index in [9.17, 15) is 4.79 Å². The highest BCUT2D eigenvalue weighted by molar-refractivity contribution is 7.07. The number of ether oxygens (including phenoxy) is 2. The summed E-state index contributed by atoms with van der Waals surface area (Å²) in [6.45, 7) is 7.08. The summed E-state index contributed by atoms with van der Waals surface area (Å²) in [5, 5.41) is 2.08. The Bertz CT molecular complexity index is 441. The molecule has 0 radical (unpaired) electrons. The van der Waals surface area contributed by atoms with Gasteiger partial charge in [0.1, 0.15) is 6.10 Å². The summed E-state index contributed by atoms with van der Waals surface area (Å²) in [4.78, 5) is 21.0. The molecule has 2 heterocycles. The SMILES string of the molecule is COCCOC(C)C(=O)N1CCCN(Cc2cscn2)CC1. The molecule has 1 saturated heterocycles. The van der Waals surface area contributed by atoms with Gasteiger partial charge in [0, 0.05) is 45.2 Å². The van der Waals surface area contributed by atoms with E-state index in [-0.39, 0.29) is 5.91 Å². The molecular formula is C15H25N3O3S. The summed E-state index contributed by atoms with van der Waals surface area (Å²) >= 11 is 1.62. The lowest BCUT2D eigenvalue weighted by atomic mass is 10.3. The largest absolute Gasteiger partial charge is 0.382 e. The van der Waals surface area contributed by atoms with Crippen LogP contribution in [0.15, 0.2) is 10.9 Å². The molecule has 0 bridgehead atoms. The Labute approximate surface area is 136 Å². The lowest BCUT2D eigenvalue weighted by Crippen LogP contribution is -2.41. The molecule has 22 heavy (non-hydrogen) atoms. The number of amides is 1. The molecule has 0 saturated carbocycles. The average molecular weight is 327 g/mol. The van der Waals surface area contributed by atoms with Gasteiger partial charge < -0.3 is 14.4 Å². The zero-order valence-corrected chi connectivity index (χ0v) is 14.2. The van der Waals surface area contributed by atoms with Crippen LogP contribution in [-0.4, -0.2) is 73.3 Å². The molecular weight excluding hydrogens is 302 g/mol. The third-order valence-corrected chi connectivity index (χ3v) is 4.41. The van der Waals surface area contributed by atoms with E-state index in [0.29, 0.717) is 13.2 Å². The topological polar surface area (TPSA) is 54.9 Å². The maximum absolute atomic E-state index is 12.4. The quantitative estimate of drug-likeness (QED) is 0.705. The molecule has 1 aromatic heterocycles. The number of nitrogens with zero attached hydrogens (tertiary/aromatic N) is 3. The lowest BCUT2D eigenvalue weighted by molar-refractivity contribution is -0.143. The molecule has 6 nitrogen and oxygen atoms in total. The Morgan fingerprint density at radius 3 is 2.95 bits per heavy atom. The van der Waals surface area contributed by atoms with Crippen molar-refractivity contribution >= 4 is 17.2 Å². The molecule has 0 spiro atoms. The molecule has 1 aliphatic rings. The highest BCUT2D eigenvalue weighted by Gasteiger charge is 2.23. The highest BCUT2D eigenvalue weighted by Crippen LogP contribution is 2.11. The Kier molecular flexibility index (Phi) is 7.24. The summed E-state index contributed by atoms with van der Waals surface area (Å²) in [6.07, 6.45) is 0.584. The minimum Gasteiger partial charge on any atom is -0.382 e. The maximum Gasteiger partial charge on any atom is 0.251 e. The van der Waals surface area contributed by atoms with E-state index in [1.165, 1.54) is 0 Å². The van der Waals surface area contributed by atoms with E-state index >= 15 is 0 Å². The van der Waals surface area contributed by atoms with Gasteiger partial charge in [-0.05, 0) is 13.3 Å². The Morgan fingerprint density at radius 2 is 2.23 bits per heavy atom. The summed E-state index contributed by atoms with van der Waals surface area (Å²) < 4.78 is 10.5. The van der Waals surface area contributed by atoms with Crippen LogP contribution in [0.2, 0.25) is 0 Å². The molecule has 124 valence electrons. The van der Waals surface area contributed by atoms with Gasteiger partial charge in [-0.1, -0.05) is 0 Å². The van der Waals surface area contributed by atoms with Crippen molar-refractivity contribution in [2.45, 2.75) is 26.0 Å². The van der Waals surface area contributed by atoms with Crippen molar-refractivity contribution in [3.63, 3.8) is 0 Å². The zero-order valence-electron chi connectivity index (χ0n) is 13.4. The molecule has 0 N–H and O–H groups in total. The molecule has 0 aromatic carbocycles. The Balaban J connectivity index is 1.77. The van der Waals surface area contributed by atoms with Crippen molar-refractivity contribution in [3.05, 3.63) is 16.6 Å². The van der Waals surface area contributed by atoms with E-state index < -0.39 is 6.10 Å². The van der Waals surface area contributed by atoms with Crippen molar-refractivity contribution in [2.75, 3.05) is 46.5 Å². The van der Waals surface area contributed by atoms with Crippen molar-refractivity contribution in [3.8, 4) is 0 Å². The predicted octanol–water partition coefficient (Wildman–Crippen LogP) is 1.23. The van der Waals surface area contributed by atoms with Gasteiger partial charge in [-0.2, -0.15) is 0 Å². The summed E-state index contributed by atoms with van der Waals surface area (Å²) in [6, 6.07) is 0. The van der Waals surface area contributed by atoms with E-state index in [1.807, 2.05) is 17.3 Å². The van der Waals surface area contributed by atoms with E-state index in [1.54, 1.807) is 18.4 Å². The van der Waals surface area contributed by atoms with Gasteiger partial charge in [0.05, 0.1) is 24.4 Å². The number of hydrogen-bond donors (Lipinski definition) is 0. The summed E-state index contributed by atoms with van der Waals surface area (Å²) in [5.74, 6) is 0.0756. The molecule has 1 fully saturated rings. The number of methoxy groups -OCH3 is 1. The van der Waals surface area contributed by atoms with Gasteiger partial charge in [-0.15, -0.1) is 11.3 Å². The molecule has 0 aliphatic carbocycles. The number of thiazole rings is 1. The van der Waals surface area contributed by atoms with Crippen LogP contribution >= 0.6 is 11.3 Å². The first-order chi connectivity index (χ1) is 10.7. The molecule has 1 unspecified atom stereocenters. The second-order valence-electron chi connectivity index (χ2n) is 5.44. The highest BCUT2D eigenvalue weighted by atomic mass is 32.1. The smallest absolute Gasteiger partial charge is 0.251 e. The lowest BCUT2D eigenvalue weighted by Gasteiger charge is -2.24. The molecule has 2 rings (SSSR count). The van der Waals surface area contributed by atoms with Crippen molar-refractivity contribution in [2.24, 2.45) is 0 Å². The van der Waals surface area contributed by atoms with Gasteiger partial charge in [0.15, 0.2) is 0 Å². The summed E-state index contributed by atoms with van der Waals surface area (Å²) in [7, 11) is 1.63. The van der Waals surface area contributed by atoms with E-state index in [2.05, 4.69) is 15.3 Å². The fraction of sp³-hybridized carbons (Fsp3) is 0.733. The van der Waals surface area contributed by atoms with Crippen molar-refractivity contribution < 1.29 is 14.3 Å². The predicted molar refractivity (Wildman–Crippen MR) is 85.9 cm³/mol. The van der Waals surface area contributed by atoms with Crippen LogP contribution in [0.3, 0.4) is 0 Å². The van der Waals surface area contributed by atoms with Gasteiger partial charge in [-0.3, -0.25) is 9.69 Å². The molecule has 7 heteroatoms. The van der Waals surface area contributed by atoms with Crippen LogP contribution in [0.1, 0.15) is 19.0 Å².